The molecule has 3 heteroatoms. The molecule has 0 spiro atoms. The summed E-state index contributed by atoms with van der Waals surface area (Å²) in [4.78, 5) is 2.75. The van der Waals surface area contributed by atoms with Crippen molar-refractivity contribution in [3.63, 3.8) is 0 Å². The van der Waals surface area contributed by atoms with Crippen LogP contribution in [0.5, 0.6) is 11.5 Å². The summed E-state index contributed by atoms with van der Waals surface area (Å²) in [6.07, 6.45) is 21.6. The SMILES string of the molecule is CCCCCCCCOc1ccc(-c2ccc(-c3cc(CCCCCC)c(-c4ccc(-c5ccc(OCCCCCCCC)cc5)cc4)s3)cc2)cc1. The van der Waals surface area contributed by atoms with Crippen LogP contribution in [0.2, 0.25) is 0 Å². The Kier molecular flexibility index (Phi) is 17.6. The van der Waals surface area contributed by atoms with E-state index in [0.717, 1.165) is 44.0 Å². The van der Waals surface area contributed by atoms with Crippen molar-refractivity contribution in [1.82, 2.24) is 0 Å². The van der Waals surface area contributed by atoms with Gasteiger partial charge in [0.05, 0.1) is 13.2 Å². The van der Waals surface area contributed by atoms with Crippen molar-refractivity contribution in [2.75, 3.05) is 13.2 Å². The normalized spacial score (nSPS) is 11.2. The fourth-order valence-electron chi connectivity index (χ4n) is 7.02. The van der Waals surface area contributed by atoms with Gasteiger partial charge in [-0.25, -0.2) is 0 Å². The minimum Gasteiger partial charge on any atom is -0.494 e. The first-order valence-corrected chi connectivity index (χ1v) is 21.8. The Morgan fingerprint density at radius 2 is 0.736 bits per heavy atom. The second-order valence-electron chi connectivity index (χ2n) is 14.7. The summed E-state index contributed by atoms with van der Waals surface area (Å²) in [5, 5.41) is 0. The van der Waals surface area contributed by atoms with Crippen LogP contribution >= 0.6 is 11.3 Å². The molecular weight excluding hydrogens is 665 g/mol. The lowest BCUT2D eigenvalue weighted by molar-refractivity contribution is 0.304. The molecule has 0 saturated carbocycles. The fraction of sp³-hybridized carbons (Fsp3) is 0.440. The molecule has 0 aliphatic heterocycles. The molecule has 0 atom stereocenters. The molecule has 4 aromatic carbocycles. The Bertz CT molecular complexity index is 1700. The van der Waals surface area contributed by atoms with E-state index in [1.54, 1.807) is 0 Å². The second-order valence-corrected chi connectivity index (χ2v) is 15.8. The quantitative estimate of drug-likeness (QED) is 0.0557. The highest BCUT2D eigenvalue weighted by Gasteiger charge is 2.14. The van der Waals surface area contributed by atoms with Crippen molar-refractivity contribution in [3.8, 4) is 54.6 Å². The molecule has 5 aromatic rings. The van der Waals surface area contributed by atoms with Crippen LogP contribution in [0.25, 0.3) is 43.1 Å². The molecule has 1 aromatic heterocycles. The van der Waals surface area contributed by atoms with Gasteiger partial charge >= 0.3 is 0 Å². The Morgan fingerprint density at radius 1 is 0.377 bits per heavy atom. The van der Waals surface area contributed by atoms with Crippen molar-refractivity contribution in [2.24, 2.45) is 0 Å². The van der Waals surface area contributed by atoms with Crippen LogP contribution in [0, 0.1) is 0 Å². The highest BCUT2D eigenvalue weighted by molar-refractivity contribution is 7.19. The summed E-state index contributed by atoms with van der Waals surface area (Å²) >= 11 is 1.93. The molecule has 0 N–H and O–H groups in total. The van der Waals surface area contributed by atoms with Gasteiger partial charge < -0.3 is 9.47 Å². The molecule has 0 amide bonds. The maximum Gasteiger partial charge on any atom is 0.119 e. The largest absolute Gasteiger partial charge is 0.494 e. The molecule has 5 rings (SSSR count). The topological polar surface area (TPSA) is 18.5 Å². The lowest BCUT2D eigenvalue weighted by Crippen LogP contribution is -1.97. The van der Waals surface area contributed by atoms with E-state index in [-0.39, 0.29) is 0 Å². The molecule has 0 fully saturated rings. The van der Waals surface area contributed by atoms with E-state index in [0.29, 0.717) is 0 Å². The van der Waals surface area contributed by atoms with Crippen LogP contribution < -0.4 is 9.47 Å². The second kappa shape index (κ2) is 23.1. The summed E-state index contributed by atoms with van der Waals surface area (Å²) in [5.41, 5.74) is 9.00. The minimum atomic E-state index is 0.802. The number of hydrogen-bond donors (Lipinski definition) is 0. The fourth-order valence-corrected chi connectivity index (χ4v) is 8.24. The monoisotopic (exact) mass is 728 g/mol. The molecular formula is C50H64O2S. The van der Waals surface area contributed by atoms with E-state index >= 15 is 0 Å². The van der Waals surface area contributed by atoms with E-state index in [2.05, 4.69) is 124 Å². The van der Waals surface area contributed by atoms with Gasteiger partial charge in [-0.1, -0.05) is 177 Å². The van der Waals surface area contributed by atoms with Crippen molar-refractivity contribution in [1.29, 1.82) is 0 Å². The molecule has 0 aliphatic carbocycles. The maximum atomic E-state index is 6.04. The van der Waals surface area contributed by atoms with Gasteiger partial charge in [-0.15, -0.1) is 11.3 Å². The molecule has 282 valence electrons. The van der Waals surface area contributed by atoms with E-state index in [1.807, 2.05) is 11.3 Å². The number of hydrogen-bond acceptors (Lipinski definition) is 3. The summed E-state index contributed by atoms with van der Waals surface area (Å²) in [7, 11) is 0. The molecule has 0 saturated heterocycles. The Labute approximate surface area is 326 Å². The third-order valence-corrected chi connectivity index (χ3v) is 11.6. The lowest BCUT2D eigenvalue weighted by atomic mass is 9.99. The maximum absolute atomic E-state index is 6.04. The van der Waals surface area contributed by atoms with Gasteiger partial charge in [0, 0.05) is 9.75 Å². The Morgan fingerprint density at radius 3 is 1.19 bits per heavy atom. The van der Waals surface area contributed by atoms with Crippen molar-refractivity contribution in [2.45, 2.75) is 130 Å². The van der Waals surface area contributed by atoms with Gasteiger partial charge in [0.2, 0.25) is 0 Å². The first kappa shape index (κ1) is 40.4. The first-order valence-electron chi connectivity index (χ1n) is 21.0. The number of rotatable bonds is 25. The molecule has 0 unspecified atom stereocenters. The standard InChI is InChI=1S/C50H64O2S/c1-4-7-10-13-15-18-37-51-47-33-29-42(30-34-47)40-21-25-44(26-22-40)49-39-46(20-17-12-9-6-3)50(53-49)45-27-23-41(24-28-45)43-31-35-48(36-32-43)52-38-19-16-14-11-8-5-2/h21-36,39H,4-20,37-38H2,1-3H3. The number of ether oxygens (including phenoxy) is 2. The zero-order valence-corrected chi connectivity index (χ0v) is 33.8. The highest BCUT2D eigenvalue weighted by atomic mass is 32.1. The first-order chi connectivity index (χ1) is 26.2. The number of unbranched alkanes of at least 4 members (excludes halogenated alkanes) is 13. The highest BCUT2D eigenvalue weighted by Crippen LogP contribution is 2.40. The van der Waals surface area contributed by atoms with Crippen LogP contribution in [0.3, 0.4) is 0 Å². The van der Waals surface area contributed by atoms with Gasteiger partial charge in [-0.05, 0) is 95.0 Å². The van der Waals surface area contributed by atoms with Crippen LogP contribution in [0.1, 0.15) is 129 Å². The lowest BCUT2D eigenvalue weighted by Gasteiger charge is -2.09. The molecule has 0 aliphatic rings. The minimum absolute atomic E-state index is 0.802. The van der Waals surface area contributed by atoms with Crippen molar-refractivity contribution < 1.29 is 9.47 Å². The average Bonchev–Trinajstić information content (AvgIpc) is 3.63. The zero-order chi connectivity index (χ0) is 36.9. The van der Waals surface area contributed by atoms with Gasteiger partial charge in [0.1, 0.15) is 11.5 Å². The van der Waals surface area contributed by atoms with Crippen LogP contribution in [0.4, 0.5) is 0 Å². The van der Waals surface area contributed by atoms with Crippen LogP contribution in [-0.4, -0.2) is 13.2 Å². The molecule has 0 bridgehead atoms. The Balaban J connectivity index is 1.20. The molecule has 1 heterocycles. The number of thiophene rings is 1. The predicted octanol–water partition coefficient (Wildman–Crippen LogP) is 16.0. The van der Waals surface area contributed by atoms with Crippen molar-refractivity contribution in [3.05, 3.63) is 109 Å². The summed E-state index contributed by atoms with van der Waals surface area (Å²) in [6.45, 7) is 8.42. The van der Waals surface area contributed by atoms with E-state index in [9.17, 15) is 0 Å². The average molecular weight is 729 g/mol. The van der Waals surface area contributed by atoms with E-state index in [1.165, 1.54) is 139 Å². The van der Waals surface area contributed by atoms with Crippen LogP contribution in [-0.2, 0) is 6.42 Å². The summed E-state index contributed by atoms with van der Waals surface area (Å²) in [5.74, 6) is 1.93. The number of aryl methyl sites for hydroxylation is 1. The van der Waals surface area contributed by atoms with E-state index in [4.69, 9.17) is 9.47 Å². The molecule has 53 heavy (non-hydrogen) atoms. The van der Waals surface area contributed by atoms with Gasteiger partial charge in [-0.3, -0.25) is 0 Å². The van der Waals surface area contributed by atoms with Gasteiger partial charge in [-0.2, -0.15) is 0 Å². The third-order valence-electron chi connectivity index (χ3n) is 10.3. The summed E-state index contributed by atoms with van der Waals surface area (Å²) < 4.78 is 12.1. The van der Waals surface area contributed by atoms with Gasteiger partial charge in [0.15, 0.2) is 0 Å². The number of benzene rings is 4. The molecule has 2 nitrogen and oxygen atoms in total. The van der Waals surface area contributed by atoms with E-state index < -0.39 is 0 Å². The smallest absolute Gasteiger partial charge is 0.119 e. The summed E-state index contributed by atoms with van der Waals surface area (Å²) in [6, 6.07) is 38.0. The third kappa shape index (κ3) is 13.2. The Hall–Kier alpha value is -3.82. The van der Waals surface area contributed by atoms with Gasteiger partial charge in [0.25, 0.3) is 0 Å². The zero-order valence-electron chi connectivity index (χ0n) is 33.0. The predicted molar refractivity (Wildman–Crippen MR) is 232 cm³/mol. The van der Waals surface area contributed by atoms with Crippen LogP contribution in [0.15, 0.2) is 103 Å². The van der Waals surface area contributed by atoms with Crippen molar-refractivity contribution >= 4 is 11.3 Å². The molecule has 0 radical (unpaired) electrons.